The minimum atomic E-state index is 0.310. The molecule has 106 valence electrons. The highest BCUT2D eigenvalue weighted by Gasteiger charge is 2.12. The van der Waals surface area contributed by atoms with Crippen LogP contribution in [0.2, 0.25) is 0 Å². The molecule has 1 aromatic carbocycles. The van der Waals surface area contributed by atoms with Gasteiger partial charge in [0.15, 0.2) is 0 Å². The summed E-state index contributed by atoms with van der Waals surface area (Å²) in [6.45, 7) is 6.57. The quantitative estimate of drug-likeness (QED) is 0.886. The summed E-state index contributed by atoms with van der Waals surface area (Å²) >= 11 is 0. The van der Waals surface area contributed by atoms with Crippen LogP contribution in [-0.4, -0.2) is 12.0 Å². The number of hydrogen-bond donors (Lipinski definition) is 1. The van der Waals surface area contributed by atoms with Gasteiger partial charge in [0.1, 0.15) is 0 Å². The number of aryl methyl sites for hydroxylation is 1. The van der Waals surface area contributed by atoms with E-state index in [1.807, 2.05) is 19.3 Å². The Bertz CT molecular complexity index is 544. The lowest BCUT2D eigenvalue weighted by Gasteiger charge is -2.18. The SMILES string of the molecule is CNC(Cc1ncccc1C)c1ccc(C(C)C)cc1. The Kier molecular flexibility index (Phi) is 4.91. The third-order valence-electron chi connectivity index (χ3n) is 3.87. The van der Waals surface area contributed by atoms with Crippen LogP contribution in [0.25, 0.3) is 0 Å². The molecule has 0 amide bonds. The Balaban J connectivity index is 2.18. The van der Waals surface area contributed by atoms with Gasteiger partial charge < -0.3 is 5.32 Å². The van der Waals surface area contributed by atoms with Crippen LogP contribution in [-0.2, 0) is 6.42 Å². The van der Waals surface area contributed by atoms with E-state index >= 15 is 0 Å². The third kappa shape index (κ3) is 3.45. The van der Waals surface area contributed by atoms with Crippen molar-refractivity contribution in [1.82, 2.24) is 10.3 Å². The second-order valence-electron chi connectivity index (χ2n) is 5.63. The molecule has 0 aliphatic carbocycles. The first-order chi connectivity index (χ1) is 9.61. The summed E-state index contributed by atoms with van der Waals surface area (Å²) in [5, 5.41) is 3.40. The summed E-state index contributed by atoms with van der Waals surface area (Å²) < 4.78 is 0. The van der Waals surface area contributed by atoms with Gasteiger partial charge in [0.25, 0.3) is 0 Å². The highest BCUT2D eigenvalue weighted by atomic mass is 14.9. The summed E-state index contributed by atoms with van der Waals surface area (Å²) in [5.41, 5.74) is 5.13. The van der Waals surface area contributed by atoms with Gasteiger partial charge in [0.05, 0.1) is 0 Å². The molecule has 1 heterocycles. The van der Waals surface area contributed by atoms with E-state index < -0.39 is 0 Å². The summed E-state index contributed by atoms with van der Waals surface area (Å²) in [6.07, 6.45) is 2.79. The molecule has 1 atom stereocenters. The number of nitrogens with zero attached hydrogens (tertiary/aromatic N) is 1. The Morgan fingerprint density at radius 2 is 1.70 bits per heavy atom. The molecule has 0 spiro atoms. The summed E-state index contributed by atoms with van der Waals surface area (Å²) in [7, 11) is 2.01. The molecule has 0 aliphatic rings. The smallest absolute Gasteiger partial charge is 0.0451 e. The van der Waals surface area contributed by atoms with Crippen molar-refractivity contribution in [3.63, 3.8) is 0 Å². The van der Waals surface area contributed by atoms with Crippen LogP contribution >= 0.6 is 0 Å². The minimum Gasteiger partial charge on any atom is -0.313 e. The molecule has 2 nitrogen and oxygen atoms in total. The van der Waals surface area contributed by atoms with E-state index in [0.717, 1.165) is 6.42 Å². The molecule has 0 aliphatic heterocycles. The molecule has 1 N–H and O–H groups in total. The van der Waals surface area contributed by atoms with E-state index in [9.17, 15) is 0 Å². The second kappa shape index (κ2) is 6.67. The second-order valence-corrected chi connectivity index (χ2v) is 5.63. The number of aromatic nitrogens is 1. The molecular weight excluding hydrogens is 244 g/mol. The summed E-state index contributed by atoms with van der Waals surface area (Å²) in [4.78, 5) is 4.50. The van der Waals surface area contributed by atoms with E-state index in [1.54, 1.807) is 0 Å². The monoisotopic (exact) mass is 268 g/mol. The molecule has 0 saturated carbocycles. The number of rotatable bonds is 5. The normalized spacial score (nSPS) is 12.7. The Morgan fingerprint density at radius 1 is 1.05 bits per heavy atom. The van der Waals surface area contributed by atoms with Crippen LogP contribution < -0.4 is 5.32 Å². The standard InChI is InChI=1S/C18H24N2/c1-13(2)15-7-9-16(10-8-15)18(19-4)12-17-14(3)6-5-11-20-17/h5-11,13,18-19H,12H2,1-4H3. The fourth-order valence-electron chi connectivity index (χ4n) is 2.43. The molecule has 0 fully saturated rings. The van der Waals surface area contributed by atoms with Gasteiger partial charge in [-0.15, -0.1) is 0 Å². The highest BCUT2D eigenvalue weighted by Crippen LogP contribution is 2.21. The Hall–Kier alpha value is -1.67. The molecule has 1 unspecified atom stereocenters. The summed E-state index contributed by atoms with van der Waals surface area (Å²) in [6, 6.07) is 13.3. The van der Waals surface area contributed by atoms with Crippen LogP contribution in [0.4, 0.5) is 0 Å². The number of benzene rings is 1. The van der Waals surface area contributed by atoms with E-state index in [4.69, 9.17) is 0 Å². The first-order valence-corrected chi connectivity index (χ1v) is 7.29. The van der Waals surface area contributed by atoms with Crippen molar-refractivity contribution in [2.24, 2.45) is 0 Å². The maximum atomic E-state index is 4.50. The van der Waals surface area contributed by atoms with Crippen LogP contribution in [0.5, 0.6) is 0 Å². The molecule has 2 rings (SSSR count). The predicted octanol–water partition coefficient (Wildman–Crippen LogP) is 4.02. The number of likely N-dealkylation sites (N-methyl/N-ethyl adjacent to an activating group) is 1. The van der Waals surface area contributed by atoms with E-state index in [2.05, 4.69) is 61.4 Å². The minimum absolute atomic E-state index is 0.310. The average Bonchev–Trinajstić information content (AvgIpc) is 2.46. The average molecular weight is 268 g/mol. The van der Waals surface area contributed by atoms with Crippen molar-refractivity contribution in [2.75, 3.05) is 7.05 Å². The maximum Gasteiger partial charge on any atom is 0.0451 e. The maximum absolute atomic E-state index is 4.50. The van der Waals surface area contributed by atoms with Gasteiger partial charge in [-0.05, 0) is 42.6 Å². The van der Waals surface area contributed by atoms with E-state index in [0.29, 0.717) is 12.0 Å². The molecule has 20 heavy (non-hydrogen) atoms. The Morgan fingerprint density at radius 3 is 2.25 bits per heavy atom. The topological polar surface area (TPSA) is 24.9 Å². The van der Waals surface area contributed by atoms with E-state index in [-0.39, 0.29) is 0 Å². The molecule has 1 aromatic heterocycles. The van der Waals surface area contributed by atoms with Gasteiger partial charge in [0, 0.05) is 24.4 Å². The predicted molar refractivity (Wildman–Crippen MR) is 85.0 cm³/mol. The van der Waals surface area contributed by atoms with Gasteiger partial charge in [-0.2, -0.15) is 0 Å². The van der Waals surface area contributed by atoms with Crippen LogP contribution in [0.1, 0.15) is 48.2 Å². The Labute approximate surface area is 122 Å². The van der Waals surface area contributed by atoms with Crippen molar-refractivity contribution in [2.45, 2.75) is 39.2 Å². The molecule has 0 bridgehead atoms. The van der Waals surface area contributed by atoms with Crippen LogP contribution in [0.15, 0.2) is 42.6 Å². The van der Waals surface area contributed by atoms with E-state index in [1.165, 1.54) is 22.4 Å². The van der Waals surface area contributed by atoms with Crippen molar-refractivity contribution >= 4 is 0 Å². The lowest BCUT2D eigenvalue weighted by Crippen LogP contribution is -2.19. The van der Waals surface area contributed by atoms with Gasteiger partial charge >= 0.3 is 0 Å². The highest BCUT2D eigenvalue weighted by molar-refractivity contribution is 5.29. The van der Waals surface area contributed by atoms with Crippen LogP contribution in [0, 0.1) is 6.92 Å². The van der Waals surface area contributed by atoms with Crippen molar-refractivity contribution in [3.05, 3.63) is 65.0 Å². The fraction of sp³-hybridized carbons (Fsp3) is 0.389. The zero-order chi connectivity index (χ0) is 14.5. The van der Waals surface area contributed by atoms with Gasteiger partial charge in [-0.1, -0.05) is 44.2 Å². The zero-order valence-corrected chi connectivity index (χ0v) is 12.9. The molecule has 0 saturated heterocycles. The zero-order valence-electron chi connectivity index (χ0n) is 12.9. The first kappa shape index (κ1) is 14.7. The van der Waals surface area contributed by atoms with Gasteiger partial charge in [-0.25, -0.2) is 0 Å². The molecule has 2 heteroatoms. The third-order valence-corrected chi connectivity index (χ3v) is 3.87. The fourth-order valence-corrected chi connectivity index (χ4v) is 2.43. The molecule has 0 radical (unpaired) electrons. The van der Waals surface area contributed by atoms with Crippen molar-refractivity contribution < 1.29 is 0 Å². The first-order valence-electron chi connectivity index (χ1n) is 7.29. The molecule has 2 aromatic rings. The van der Waals surface area contributed by atoms with Crippen LogP contribution in [0.3, 0.4) is 0 Å². The largest absolute Gasteiger partial charge is 0.313 e. The molecular formula is C18H24N2. The number of hydrogen-bond acceptors (Lipinski definition) is 2. The number of pyridine rings is 1. The van der Waals surface area contributed by atoms with Crippen molar-refractivity contribution in [3.8, 4) is 0 Å². The number of nitrogens with one attached hydrogen (secondary N) is 1. The lowest BCUT2D eigenvalue weighted by atomic mass is 9.96. The van der Waals surface area contributed by atoms with Gasteiger partial charge in [0.2, 0.25) is 0 Å². The van der Waals surface area contributed by atoms with Crippen molar-refractivity contribution in [1.29, 1.82) is 0 Å². The van der Waals surface area contributed by atoms with Gasteiger partial charge in [-0.3, -0.25) is 4.98 Å². The lowest BCUT2D eigenvalue weighted by molar-refractivity contribution is 0.582. The summed E-state index contributed by atoms with van der Waals surface area (Å²) in [5.74, 6) is 0.579.